The number of aryl methyl sites for hydroxylation is 1. The number of allylic oxidation sites excluding steroid dienone is 1. The zero-order chi connectivity index (χ0) is 25.9. The lowest BCUT2D eigenvalue weighted by molar-refractivity contribution is -0.119. The summed E-state index contributed by atoms with van der Waals surface area (Å²) >= 11 is 0. The number of rotatable bonds is 6. The second-order valence-electron chi connectivity index (χ2n) is 8.92. The maximum absolute atomic E-state index is 13.4. The number of anilines is 1. The van der Waals surface area contributed by atoms with Crippen LogP contribution >= 0.6 is 0 Å². The zero-order valence-electron chi connectivity index (χ0n) is 20.6. The van der Waals surface area contributed by atoms with Crippen LogP contribution in [0.4, 0.5) is 5.69 Å². The molecule has 7 heteroatoms. The van der Waals surface area contributed by atoms with Crippen molar-refractivity contribution >= 4 is 40.1 Å². The van der Waals surface area contributed by atoms with Crippen LogP contribution < -0.4 is 10.1 Å². The number of aromatic hydroxyl groups is 1. The number of nitrogens with zero attached hydrogens (tertiary/aromatic N) is 1. The Morgan fingerprint density at radius 3 is 2.62 bits per heavy atom. The molecule has 1 aromatic heterocycles. The first-order valence-corrected chi connectivity index (χ1v) is 12.0. The third-order valence-electron chi connectivity index (χ3n) is 6.34. The molecule has 186 valence electrons. The highest BCUT2D eigenvalue weighted by Gasteiger charge is 2.28. The number of para-hydroxylation sites is 1. The van der Waals surface area contributed by atoms with Crippen LogP contribution in [0.5, 0.6) is 11.5 Å². The standard InChI is InChI=1S/C30H26N2O5/c1-18-7-14-26(36-2)25(15-18)31-27(34)17-37-30(35)28-22-5-3-4-6-24(22)32-29-20(10-13-23(28)29)16-19-8-11-21(33)12-9-19/h3-9,11-12,14-16,33H,10,13,17H2,1-2H3,(H,31,34). The number of amides is 1. The first kappa shape index (κ1) is 24.1. The van der Waals surface area contributed by atoms with Crippen molar-refractivity contribution in [3.05, 3.63) is 94.7 Å². The number of methoxy groups -OCH3 is 1. The fourth-order valence-electron chi connectivity index (χ4n) is 4.59. The van der Waals surface area contributed by atoms with E-state index in [4.69, 9.17) is 14.5 Å². The highest BCUT2D eigenvalue weighted by atomic mass is 16.5. The van der Waals surface area contributed by atoms with Crippen molar-refractivity contribution in [1.29, 1.82) is 0 Å². The molecule has 0 radical (unpaired) electrons. The summed E-state index contributed by atoms with van der Waals surface area (Å²) in [5, 5.41) is 13.0. The van der Waals surface area contributed by atoms with E-state index in [1.54, 1.807) is 24.3 Å². The van der Waals surface area contributed by atoms with Gasteiger partial charge in [-0.2, -0.15) is 0 Å². The van der Waals surface area contributed by atoms with Gasteiger partial charge in [-0.1, -0.05) is 36.4 Å². The number of pyridine rings is 1. The van der Waals surface area contributed by atoms with E-state index in [0.717, 1.165) is 28.0 Å². The number of carbonyl (C=O) groups is 2. The highest BCUT2D eigenvalue weighted by Crippen LogP contribution is 2.38. The van der Waals surface area contributed by atoms with E-state index < -0.39 is 18.5 Å². The molecule has 1 amide bonds. The molecule has 0 atom stereocenters. The summed E-state index contributed by atoms with van der Waals surface area (Å²) in [5.41, 5.74) is 6.11. The van der Waals surface area contributed by atoms with Gasteiger partial charge in [-0.15, -0.1) is 0 Å². The molecule has 7 nitrogen and oxygen atoms in total. The zero-order valence-corrected chi connectivity index (χ0v) is 20.6. The summed E-state index contributed by atoms with van der Waals surface area (Å²) in [6.07, 6.45) is 3.37. The molecule has 5 rings (SSSR count). The number of phenols is 1. The summed E-state index contributed by atoms with van der Waals surface area (Å²) in [5.74, 6) is -0.295. The number of hydrogen-bond acceptors (Lipinski definition) is 6. The molecular weight excluding hydrogens is 468 g/mol. The molecule has 4 aromatic rings. The molecule has 0 unspecified atom stereocenters. The summed E-state index contributed by atoms with van der Waals surface area (Å²) in [4.78, 5) is 30.8. The predicted octanol–water partition coefficient (Wildman–Crippen LogP) is 5.54. The van der Waals surface area contributed by atoms with Crippen LogP contribution in [0.1, 0.15) is 39.2 Å². The van der Waals surface area contributed by atoms with Crippen LogP contribution in [0.15, 0.2) is 66.7 Å². The number of nitrogens with one attached hydrogen (secondary N) is 1. The fraction of sp³-hybridized carbons (Fsp3) is 0.167. The van der Waals surface area contributed by atoms with E-state index in [1.165, 1.54) is 7.11 Å². The Bertz CT molecular complexity index is 1540. The second-order valence-corrected chi connectivity index (χ2v) is 8.92. The van der Waals surface area contributed by atoms with E-state index in [1.807, 2.05) is 55.5 Å². The number of esters is 1. The lowest BCUT2D eigenvalue weighted by Gasteiger charge is -2.13. The number of fused-ring (bicyclic) bond motifs is 2. The van der Waals surface area contributed by atoms with Crippen LogP contribution in [-0.2, 0) is 16.0 Å². The van der Waals surface area contributed by atoms with Gasteiger partial charge in [-0.05, 0) is 78.4 Å². The van der Waals surface area contributed by atoms with Crippen LogP contribution in [0.2, 0.25) is 0 Å². The number of phenolic OH excluding ortho intramolecular Hbond substituents is 1. The molecule has 37 heavy (non-hydrogen) atoms. The maximum atomic E-state index is 13.4. The van der Waals surface area contributed by atoms with E-state index in [2.05, 4.69) is 5.32 Å². The van der Waals surface area contributed by atoms with Gasteiger partial charge >= 0.3 is 5.97 Å². The molecule has 3 aromatic carbocycles. The quantitative estimate of drug-likeness (QED) is 0.342. The number of hydrogen-bond donors (Lipinski definition) is 2. The molecule has 0 spiro atoms. The highest BCUT2D eigenvalue weighted by molar-refractivity contribution is 6.08. The Kier molecular flexibility index (Phi) is 6.60. The second kappa shape index (κ2) is 10.1. The SMILES string of the molecule is COc1ccc(C)cc1NC(=O)COC(=O)c1c2c(nc3ccccc13)C(=Cc1ccc(O)cc1)CC2. The molecule has 0 saturated carbocycles. The van der Waals surface area contributed by atoms with Crippen LogP contribution in [0.25, 0.3) is 22.6 Å². The summed E-state index contributed by atoms with van der Waals surface area (Å²) in [6, 6.07) is 19.8. The lowest BCUT2D eigenvalue weighted by Crippen LogP contribution is -2.22. The molecule has 0 bridgehead atoms. The molecule has 1 aliphatic carbocycles. The first-order valence-electron chi connectivity index (χ1n) is 12.0. The molecular formula is C30H26N2O5. The number of benzene rings is 3. The normalized spacial score (nSPS) is 13.4. The van der Waals surface area contributed by atoms with Gasteiger partial charge in [0.25, 0.3) is 5.91 Å². The minimum atomic E-state index is -0.563. The smallest absolute Gasteiger partial charge is 0.339 e. The van der Waals surface area contributed by atoms with Crippen molar-refractivity contribution in [2.45, 2.75) is 19.8 Å². The summed E-state index contributed by atoms with van der Waals surface area (Å²) in [7, 11) is 1.53. The van der Waals surface area contributed by atoms with Gasteiger partial charge in [0.15, 0.2) is 6.61 Å². The van der Waals surface area contributed by atoms with Crippen LogP contribution in [0.3, 0.4) is 0 Å². The van der Waals surface area contributed by atoms with Crippen LogP contribution in [-0.4, -0.2) is 35.7 Å². The minimum absolute atomic E-state index is 0.202. The average Bonchev–Trinajstić information content (AvgIpc) is 3.29. The van der Waals surface area contributed by atoms with Gasteiger partial charge in [0, 0.05) is 5.39 Å². The van der Waals surface area contributed by atoms with E-state index in [9.17, 15) is 14.7 Å². The van der Waals surface area contributed by atoms with Crippen molar-refractivity contribution in [2.75, 3.05) is 19.0 Å². The largest absolute Gasteiger partial charge is 0.508 e. The molecule has 0 aliphatic heterocycles. The van der Waals surface area contributed by atoms with Crippen molar-refractivity contribution in [3.8, 4) is 11.5 Å². The number of aromatic nitrogens is 1. The van der Waals surface area contributed by atoms with Gasteiger partial charge in [0.2, 0.25) is 0 Å². The topological polar surface area (TPSA) is 97.8 Å². The van der Waals surface area contributed by atoms with Crippen molar-refractivity contribution < 1.29 is 24.2 Å². The van der Waals surface area contributed by atoms with Crippen molar-refractivity contribution in [2.24, 2.45) is 0 Å². The summed E-state index contributed by atoms with van der Waals surface area (Å²) < 4.78 is 10.8. The molecule has 1 aliphatic rings. The summed E-state index contributed by atoms with van der Waals surface area (Å²) in [6.45, 7) is 1.48. The number of carbonyl (C=O) groups excluding carboxylic acids is 2. The molecule has 2 N–H and O–H groups in total. The van der Waals surface area contributed by atoms with Gasteiger partial charge in [0.1, 0.15) is 11.5 Å². The van der Waals surface area contributed by atoms with Crippen molar-refractivity contribution in [1.82, 2.24) is 4.98 Å². The van der Waals surface area contributed by atoms with Crippen LogP contribution in [0, 0.1) is 6.92 Å². The Morgan fingerprint density at radius 2 is 1.84 bits per heavy atom. The van der Waals surface area contributed by atoms with Gasteiger partial charge in [0.05, 0.1) is 29.6 Å². The molecule has 0 fully saturated rings. The minimum Gasteiger partial charge on any atom is -0.508 e. The van der Waals surface area contributed by atoms with E-state index >= 15 is 0 Å². The molecule has 0 saturated heterocycles. The first-order chi connectivity index (χ1) is 17.9. The number of ether oxygens (including phenoxy) is 2. The third-order valence-corrected chi connectivity index (χ3v) is 6.34. The van der Waals surface area contributed by atoms with Gasteiger partial charge < -0.3 is 19.9 Å². The Labute approximate surface area is 214 Å². The average molecular weight is 495 g/mol. The monoisotopic (exact) mass is 494 g/mol. The van der Waals surface area contributed by atoms with E-state index in [0.29, 0.717) is 40.7 Å². The lowest BCUT2D eigenvalue weighted by atomic mass is 10.0. The Balaban J connectivity index is 1.42. The Morgan fingerprint density at radius 1 is 1.05 bits per heavy atom. The van der Waals surface area contributed by atoms with Gasteiger partial charge in [-0.3, -0.25) is 4.79 Å². The van der Waals surface area contributed by atoms with Gasteiger partial charge in [-0.25, -0.2) is 9.78 Å². The fourth-order valence-corrected chi connectivity index (χ4v) is 4.59. The predicted molar refractivity (Wildman–Crippen MR) is 143 cm³/mol. The third kappa shape index (κ3) is 5.02. The maximum Gasteiger partial charge on any atom is 0.339 e. The molecule has 1 heterocycles. The van der Waals surface area contributed by atoms with E-state index in [-0.39, 0.29) is 5.75 Å². The van der Waals surface area contributed by atoms with Crippen molar-refractivity contribution in [3.63, 3.8) is 0 Å². The Hall–Kier alpha value is -4.65.